The first-order chi connectivity index (χ1) is 12.3. The highest BCUT2D eigenvalue weighted by Gasteiger charge is 2.91. The molecule has 2 saturated heterocycles. The third-order valence-electron chi connectivity index (χ3n) is 5.96. The first-order valence-electron chi connectivity index (χ1n) is 8.69. The van der Waals surface area contributed by atoms with Crippen molar-refractivity contribution < 1.29 is 4.79 Å². The molecule has 0 radical (unpaired) electrons. The van der Waals surface area contributed by atoms with Crippen LogP contribution >= 0.6 is 0 Å². The van der Waals surface area contributed by atoms with Crippen molar-refractivity contribution in [1.29, 1.82) is 0 Å². The van der Waals surface area contributed by atoms with Crippen LogP contribution in [0.25, 0.3) is 6.08 Å². The topological polar surface area (TPSA) is 71.0 Å². The van der Waals surface area contributed by atoms with E-state index in [0.717, 1.165) is 42.7 Å². The van der Waals surface area contributed by atoms with Gasteiger partial charge in [0.2, 0.25) is 5.91 Å². The second kappa shape index (κ2) is 5.37. The molecule has 1 N–H and O–H groups in total. The van der Waals surface area contributed by atoms with Gasteiger partial charge in [-0.2, -0.15) is 0 Å². The van der Waals surface area contributed by atoms with Crippen LogP contribution in [0.4, 0.5) is 5.82 Å². The molecule has 0 unspecified atom stereocenters. The number of piperidine rings is 1. The van der Waals surface area contributed by atoms with E-state index < -0.39 is 0 Å². The summed E-state index contributed by atoms with van der Waals surface area (Å²) in [6, 6.07) is 4.39. The van der Waals surface area contributed by atoms with Crippen LogP contribution < -0.4 is 10.2 Å². The third-order valence-corrected chi connectivity index (χ3v) is 5.96. The van der Waals surface area contributed by atoms with Crippen LogP contribution in [0.1, 0.15) is 12.0 Å². The monoisotopic (exact) mass is 333 g/mol. The summed E-state index contributed by atoms with van der Waals surface area (Å²) in [4.78, 5) is 27.0. The van der Waals surface area contributed by atoms with Crippen molar-refractivity contribution >= 4 is 17.8 Å². The first-order valence-corrected chi connectivity index (χ1v) is 8.69. The number of carbonyl (C=O) groups excluding carboxylic acids is 1. The quantitative estimate of drug-likeness (QED) is 0.812. The number of carbonyl (C=O) groups is 1. The van der Waals surface area contributed by atoms with Gasteiger partial charge < -0.3 is 10.2 Å². The Morgan fingerprint density at radius 1 is 1.32 bits per heavy atom. The van der Waals surface area contributed by atoms with Crippen LogP contribution in [-0.4, -0.2) is 40.0 Å². The summed E-state index contributed by atoms with van der Waals surface area (Å²) in [5.74, 6) is 2.53. The zero-order valence-corrected chi connectivity index (χ0v) is 13.7. The number of anilines is 1. The number of fused-ring (bicyclic) bond motifs is 1. The lowest BCUT2D eigenvalue weighted by atomic mass is 10.0. The predicted octanol–water partition coefficient (Wildman–Crippen LogP) is 1.53. The standard InChI is InChI=1S/C19H19N5O/c25-16(4-3-13-2-1-6-20-10-13)23-7-5-19-14-12-24(18(19)17(14)19)15-11-21-8-9-22-15/h1-4,6,8-11,14,17-18H,5,7,12H2,(H,23,25)/b4-3+/t14-,17-,18+,19+/m1/s1. The molecule has 2 bridgehead atoms. The molecule has 126 valence electrons. The van der Waals surface area contributed by atoms with Crippen molar-refractivity contribution in [2.24, 2.45) is 17.3 Å². The van der Waals surface area contributed by atoms with E-state index in [-0.39, 0.29) is 5.91 Å². The molecular formula is C19H19N5O. The number of aromatic nitrogens is 3. The number of hydrogen-bond acceptors (Lipinski definition) is 5. The first kappa shape index (κ1) is 14.6. The van der Waals surface area contributed by atoms with E-state index in [1.807, 2.05) is 18.3 Å². The largest absolute Gasteiger partial charge is 0.353 e. The smallest absolute Gasteiger partial charge is 0.244 e. The number of pyridine rings is 1. The van der Waals surface area contributed by atoms with Crippen LogP contribution in [-0.2, 0) is 4.79 Å². The van der Waals surface area contributed by atoms with Crippen LogP contribution in [0, 0.1) is 17.3 Å². The molecule has 2 aromatic rings. The average molecular weight is 333 g/mol. The van der Waals surface area contributed by atoms with E-state index in [2.05, 4.69) is 25.2 Å². The van der Waals surface area contributed by atoms with Crippen molar-refractivity contribution in [3.8, 4) is 0 Å². The van der Waals surface area contributed by atoms with Gasteiger partial charge >= 0.3 is 0 Å². The fourth-order valence-electron chi connectivity index (χ4n) is 4.74. The molecule has 2 saturated carbocycles. The zero-order valence-electron chi connectivity index (χ0n) is 13.7. The lowest BCUT2D eigenvalue weighted by Gasteiger charge is -2.17. The van der Waals surface area contributed by atoms with Crippen molar-refractivity contribution in [3.63, 3.8) is 0 Å². The highest BCUT2D eigenvalue weighted by molar-refractivity contribution is 5.91. The Morgan fingerprint density at radius 2 is 2.24 bits per heavy atom. The Hall–Kier alpha value is -2.76. The number of nitrogens with one attached hydrogen (secondary N) is 1. The molecule has 25 heavy (non-hydrogen) atoms. The molecule has 0 spiro atoms. The van der Waals surface area contributed by atoms with Gasteiger partial charge in [-0.3, -0.25) is 14.8 Å². The van der Waals surface area contributed by atoms with Crippen molar-refractivity contribution in [1.82, 2.24) is 20.3 Å². The maximum atomic E-state index is 12.0. The summed E-state index contributed by atoms with van der Waals surface area (Å²) in [7, 11) is 0. The second-order valence-electron chi connectivity index (χ2n) is 7.07. The molecule has 4 heterocycles. The molecule has 4 aliphatic rings. The van der Waals surface area contributed by atoms with Crippen molar-refractivity contribution in [2.45, 2.75) is 12.5 Å². The van der Waals surface area contributed by atoms with E-state index in [4.69, 9.17) is 0 Å². The van der Waals surface area contributed by atoms with Crippen LogP contribution in [0.15, 0.2) is 49.2 Å². The Balaban J connectivity index is 1.12. The predicted molar refractivity (Wildman–Crippen MR) is 93.5 cm³/mol. The molecule has 4 fully saturated rings. The van der Waals surface area contributed by atoms with E-state index in [1.54, 1.807) is 36.9 Å². The molecule has 1 amide bonds. The van der Waals surface area contributed by atoms with Crippen LogP contribution in [0.3, 0.4) is 0 Å². The number of amides is 1. The van der Waals surface area contributed by atoms with E-state index in [0.29, 0.717) is 11.5 Å². The molecular weight excluding hydrogens is 314 g/mol. The summed E-state index contributed by atoms with van der Waals surface area (Å²) in [5.41, 5.74) is 1.36. The fraction of sp³-hybridized carbons (Fsp3) is 0.368. The second-order valence-corrected chi connectivity index (χ2v) is 7.07. The van der Waals surface area contributed by atoms with Gasteiger partial charge in [0.25, 0.3) is 0 Å². The summed E-state index contributed by atoms with van der Waals surface area (Å²) >= 11 is 0. The Morgan fingerprint density at radius 3 is 3.00 bits per heavy atom. The van der Waals surface area contributed by atoms with E-state index in [1.165, 1.54) is 0 Å². The van der Waals surface area contributed by atoms with Crippen molar-refractivity contribution in [3.05, 3.63) is 54.8 Å². The number of nitrogens with zero attached hydrogens (tertiary/aromatic N) is 4. The SMILES string of the molecule is O=C(/C=C/c1cccnc1)NCC[C@@]12[C@@H]3[C@H]1CN(c1cnccn1)[C@@H]32. The van der Waals surface area contributed by atoms with Gasteiger partial charge in [0, 0.05) is 55.4 Å². The van der Waals surface area contributed by atoms with Gasteiger partial charge in [0.1, 0.15) is 5.82 Å². The van der Waals surface area contributed by atoms with Gasteiger partial charge in [-0.1, -0.05) is 6.07 Å². The summed E-state index contributed by atoms with van der Waals surface area (Å²) in [6.07, 6.45) is 13.2. The highest BCUT2D eigenvalue weighted by atomic mass is 16.1. The van der Waals surface area contributed by atoms with Crippen LogP contribution in [0.2, 0.25) is 0 Å². The lowest BCUT2D eigenvalue weighted by molar-refractivity contribution is -0.116. The molecule has 6 heteroatoms. The zero-order chi connectivity index (χ0) is 16.9. The Bertz CT molecular complexity index is 818. The van der Waals surface area contributed by atoms with Gasteiger partial charge in [0.15, 0.2) is 0 Å². The number of hydrogen-bond donors (Lipinski definition) is 1. The van der Waals surface area contributed by atoms with Gasteiger partial charge in [-0.25, -0.2) is 4.98 Å². The molecule has 4 atom stereocenters. The lowest BCUT2D eigenvalue weighted by Crippen LogP contribution is -2.26. The van der Waals surface area contributed by atoms with E-state index in [9.17, 15) is 4.79 Å². The third kappa shape index (κ3) is 2.24. The summed E-state index contributed by atoms with van der Waals surface area (Å²) in [6.45, 7) is 1.82. The Labute approximate surface area is 146 Å². The molecule has 2 aromatic heterocycles. The molecule has 0 aromatic carbocycles. The normalized spacial score (nSPS) is 31.0. The Kier molecular flexibility index (Phi) is 3.13. The van der Waals surface area contributed by atoms with Gasteiger partial charge in [-0.15, -0.1) is 0 Å². The van der Waals surface area contributed by atoms with Crippen LogP contribution in [0.5, 0.6) is 0 Å². The molecule has 2 aliphatic carbocycles. The maximum absolute atomic E-state index is 12.0. The maximum Gasteiger partial charge on any atom is 0.244 e. The van der Waals surface area contributed by atoms with Gasteiger partial charge in [0.05, 0.1) is 6.20 Å². The molecule has 6 rings (SSSR count). The van der Waals surface area contributed by atoms with Crippen molar-refractivity contribution in [2.75, 3.05) is 18.0 Å². The minimum Gasteiger partial charge on any atom is -0.353 e. The molecule has 2 aliphatic heterocycles. The van der Waals surface area contributed by atoms with E-state index >= 15 is 0 Å². The summed E-state index contributed by atoms with van der Waals surface area (Å²) < 4.78 is 0. The highest BCUT2D eigenvalue weighted by Crippen LogP contribution is 2.87. The fourth-order valence-corrected chi connectivity index (χ4v) is 4.74. The minimum atomic E-state index is -0.0452. The van der Waals surface area contributed by atoms with Gasteiger partial charge in [-0.05, 0) is 36.0 Å². The molecule has 6 nitrogen and oxygen atoms in total. The minimum absolute atomic E-state index is 0.0452. The number of rotatable bonds is 6. The summed E-state index contributed by atoms with van der Waals surface area (Å²) in [5, 5.41) is 3.01. The average Bonchev–Trinajstić information content (AvgIpc) is 3.35.